The molecule has 0 bridgehead atoms. The van der Waals surface area contributed by atoms with Gasteiger partial charge >= 0.3 is 0 Å². The summed E-state index contributed by atoms with van der Waals surface area (Å²) in [6.45, 7) is 10.6. The van der Waals surface area contributed by atoms with Crippen LogP contribution in [0.15, 0.2) is 6.20 Å². The Kier molecular flexibility index (Phi) is 9.62. The minimum absolute atomic E-state index is 0. The third kappa shape index (κ3) is 5.52. The standard InChI is InChI=1S/C16H26N4O2S.2ClH/c1-3-22-12(2)15-18-10-14(23-15)16(21)20-7-4-13(11-20)19-8-5-17-6-9-19;;/h10,12-13,17H,3-9,11H2,1-2H3;2*1H. The zero-order chi connectivity index (χ0) is 16.2. The molecule has 2 aliphatic heterocycles. The number of rotatable bonds is 5. The van der Waals surface area contributed by atoms with E-state index in [1.807, 2.05) is 18.7 Å². The minimum atomic E-state index is -0.0428. The number of aromatic nitrogens is 1. The van der Waals surface area contributed by atoms with Gasteiger partial charge in [0.05, 0.1) is 6.20 Å². The summed E-state index contributed by atoms with van der Waals surface area (Å²) in [6.07, 6.45) is 2.74. The summed E-state index contributed by atoms with van der Waals surface area (Å²) < 4.78 is 5.55. The number of piperazine rings is 1. The van der Waals surface area contributed by atoms with Crippen LogP contribution in [0.5, 0.6) is 0 Å². The first kappa shape index (κ1) is 22.6. The van der Waals surface area contributed by atoms with Crippen molar-refractivity contribution in [2.45, 2.75) is 32.4 Å². The van der Waals surface area contributed by atoms with Crippen LogP contribution in [0.2, 0.25) is 0 Å². The van der Waals surface area contributed by atoms with Gasteiger partial charge in [0.15, 0.2) is 0 Å². The molecule has 3 heterocycles. The Balaban J connectivity index is 0.00000156. The van der Waals surface area contributed by atoms with Crippen LogP contribution < -0.4 is 5.32 Å². The van der Waals surface area contributed by atoms with Gasteiger partial charge in [0.25, 0.3) is 5.91 Å². The Bertz CT molecular complexity index is 540. The van der Waals surface area contributed by atoms with E-state index in [1.165, 1.54) is 11.3 Å². The van der Waals surface area contributed by atoms with E-state index in [-0.39, 0.29) is 36.8 Å². The lowest BCUT2D eigenvalue weighted by molar-refractivity contribution is 0.0762. The van der Waals surface area contributed by atoms with Crippen molar-refractivity contribution in [2.24, 2.45) is 0 Å². The van der Waals surface area contributed by atoms with Crippen LogP contribution >= 0.6 is 36.2 Å². The van der Waals surface area contributed by atoms with Crippen LogP contribution in [0, 0.1) is 0 Å². The topological polar surface area (TPSA) is 57.7 Å². The van der Waals surface area contributed by atoms with Gasteiger partial charge < -0.3 is 15.0 Å². The molecule has 6 nitrogen and oxygen atoms in total. The molecule has 144 valence electrons. The summed E-state index contributed by atoms with van der Waals surface area (Å²) >= 11 is 1.46. The van der Waals surface area contributed by atoms with Crippen LogP contribution in [-0.2, 0) is 4.74 Å². The molecule has 1 amide bonds. The Morgan fingerprint density at radius 3 is 2.80 bits per heavy atom. The predicted octanol–water partition coefficient (Wildman–Crippen LogP) is 2.20. The third-order valence-electron chi connectivity index (χ3n) is 4.62. The molecule has 0 spiro atoms. The highest BCUT2D eigenvalue weighted by Crippen LogP contribution is 2.25. The summed E-state index contributed by atoms with van der Waals surface area (Å²) in [5.74, 6) is 0.120. The molecule has 2 saturated heterocycles. The first-order valence-electron chi connectivity index (χ1n) is 8.50. The summed E-state index contributed by atoms with van der Waals surface area (Å²) in [5.41, 5.74) is 0. The second-order valence-electron chi connectivity index (χ2n) is 6.14. The molecular weight excluding hydrogens is 383 g/mol. The largest absolute Gasteiger partial charge is 0.372 e. The number of carbonyl (C=O) groups excluding carboxylic acids is 1. The van der Waals surface area contributed by atoms with Crippen molar-refractivity contribution in [3.8, 4) is 0 Å². The highest BCUT2D eigenvalue weighted by atomic mass is 35.5. The van der Waals surface area contributed by atoms with E-state index in [1.54, 1.807) is 6.20 Å². The fraction of sp³-hybridized carbons (Fsp3) is 0.750. The average Bonchev–Trinajstić information content (AvgIpc) is 3.25. The zero-order valence-corrected chi connectivity index (χ0v) is 17.2. The highest BCUT2D eigenvalue weighted by molar-refractivity contribution is 7.13. The Morgan fingerprint density at radius 2 is 2.12 bits per heavy atom. The first-order chi connectivity index (χ1) is 11.2. The molecule has 9 heteroatoms. The zero-order valence-electron chi connectivity index (χ0n) is 14.8. The molecule has 0 aliphatic carbocycles. The van der Waals surface area contributed by atoms with Crippen molar-refractivity contribution < 1.29 is 9.53 Å². The van der Waals surface area contributed by atoms with Gasteiger partial charge in [0, 0.05) is 51.9 Å². The molecule has 3 rings (SSSR count). The van der Waals surface area contributed by atoms with Crippen LogP contribution in [0.4, 0.5) is 0 Å². The lowest BCUT2D eigenvalue weighted by Crippen LogP contribution is -2.49. The number of halogens is 2. The molecule has 25 heavy (non-hydrogen) atoms. The van der Waals surface area contributed by atoms with E-state index in [0.717, 1.165) is 55.6 Å². The lowest BCUT2D eigenvalue weighted by Gasteiger charge is -2.32. The number of hydrogen-bond donors (Lipinski definition) is 1. The summed E-state index contributed by atoms with van der Waals surface area (Å²) in [7, 11) is 0. The van der Waals surface area contributed by atoms with Crippen molar-refractivity contribution in [3.63, 3.8) is 0 Å². The van der Waals surface area contributed by atoms with Crippen molar-refractivity contribution in [1.82, 2.24) is 20.1 Å². The molecule has 1 N–H and O–H groups in total. The van der Waals surface area contributed by atoms with Gasteiger partial charge in [-0.15, -0.1) is 36.2 Å². The van der Waals surface area contributed by atoms with Gasteiger partial charge in [-0.2, -0.15) is 0 Å². The number of ether oxygens (including phenoxy) is 1. The maximum absolute atomic E-state index is 12.7. The smallest absolute Gasteiger partial charge is 0.265 e. The number of amides is 1. The van der Waals surface area contributed by atoms with Crippen molar-refractivity contribution in [1.29, 1.82) is 0 Å². The Labute approximate surface area is 166 Å². The van der Waals surface area contributed by atoms with Crippen molar-refractivity contribution in [2.75, 3.05) is 45.9 Å². The van der Waals surface area contributed by atoms with Crippen LogP contribution in [0.25, 0.3) is 0 Å². The molecule has 0 saturated carbocycles. The second-order valence-corrected chi connectivity index (χ2v) is 7.20. The molecule has 2 unspecified atom stereocenters. The Hall–Kier alpha value is -0.440. The van der Waals surface area contributed by atoms with Crippen LogP contribution in [0.1, 0.15) is 41.1 Å². The molecule has 1 aromatic rings. The summed E-state index contributed by atoms with van der Waals surface area (Å²) in [5, 5.41) is 4.26. The van der Waals surface area contributed by atoms with E-state index in [4.69, 9.17) is 4.74 Å². The van der Waals surface area contributed by atoms with E-state index in [9.17, 15) is 4.79 Å². The van der Waals surface area contributed by atoms with Crippen LogP contribution in [-0.4, -0.2) is 72.6 Å². The summed E-state index contributed by atoms with van der Waals surface area (Å²) in [4.78, 5) is 22.3. The molecule has 1 aromatic heterocycles. The van der Waals surface area contributed by atoms with E-state index in [0.29, 0.717) is 12.6 Å². The minimum Gasteiger partial charge on any atom is -0.372 e. The van der Waals surface area contributed by atoms with Gasteiger partial charge in [-0.1, -0.05) is 0 Å². The number of hydrogen-bond acceptors (Lipinski definition) is 6. The van der Waals surface area contributed by atoms with Crippen molar-refractivity contribution >= 4 is 42.1 Å². The molecule has 0 radical (unpaired) electrons. The lowest BCUT2D eigenvalue weighted by atomic mass is 10.2. The Morgan fingerprint density at radius 1 is 1.40 bits per heavy atom. The third-order valence-corrected chi connectivity index (χ3v) is 5.76. The molecular formula is C16H28Cl2N4O2S. The quantitative estimate of drug-likeness (QED) is 0.805. The average molecular weight is 411 g/mol. The number of nitrogens with zero attached hydrogens (tertiary/aromatic N) is 3. The number of carbonyl (C=O) groups is 1. The molecule has 2 atom stereocenters. The second kappa shape index (κ2) is 10.6. The number of nitrogens with one attached hydrogen (secondary N) is 1. The summed E-state index contributed by atoms with van der Waals surface area (Å²) in [6, 6.07) is 0.510. The van der Waals surface area contributed by atoms with E-state index in [2.05, 4.69) is 15.2 Å². The van der Waals surface area contributed by atoms with Crippen LogP contribution in [0.3, 0.4) is 0 Å². The molecule has 2 aliphatic rings. The van der Waals surface area contributed by atoms with Gasteiger partial charge in [-0.05, 0) is 20.3 Å². The van der Waals surface area contributed by atoms with Gasteiger partial charge in [0.1, 0.15) is 16.0 Å². The molecule has 2 fully saturated rings. The number of thiazole rings is 1. The molecule has 0 aromatic carbocycles. The fourth-order valence-corrected chi connectivity index (χ4v) is 4.21. The van der Waals surface area contributed by atoms with E-state index < -0.39 is 0 Å². The highest BCUT2D eigenvalue weighted by Gasteiger charge is 2.32. The maximum atomic E-state index is 12.7. The van der Waals surface area contributed by atoms with Gasteiger partial charge in [0.2, 0.25) is 0 Å². The number of likely N-dealkylation sites (tertiary alicyclic amines) is 1. The predicted molar refractivity (Wildman–Crippen MR) is 105 cm³/mol. The fourth-order valence-electron chi connectivity index (χ4n) is 3.32. The monoisotopic (exact) mass is 410 g/mol. The van der Waals surface area contributed by atoms with Crippen molar-refractivity contribution in [3.05, 3.63) is 16.1 Å². The maximum Gasteiger partial charge on any atom is 0.265 e. The normalized spacial score (nSPS) is 22.2. The van der Waals surface area contributed by atoms with Gasteiger partial charge in [-0.25, -0.2) is 4.98 Å². The SMILES string of the molecule is CCOC(C)c1ncc(C(=O)N2CCC(N3CCNCC3)C2)s1.Cl.Cl. The van der Waals surface area contributed by atoms with E-state index >= 15 is 0 Å². The van der Waals surface area contributed by atoms with Gasteiger partial charge in [-0.3, -0.25) is 9.69 Å². The first-order valence-corrected chi connectivity index (χ1v) is 9.32.